The number of methoxy groups -OCH3 is 1. The standard InChI is InChI=1S/C20H28N4O2S/c1-21-20(22-14-16-5-3-6-17(13-16)25-2)23-15-18(19-7-4-12-27-19)24-8-10-26-11-9-24/h3-7,12-13,18H,8-11,14-15H2,1-2H3,(H2,21,22,23). The summed E-state index contributed by atoms with van der Waals surface area (Å²) in [4.78, 5) is 8.22. The van der Waals surface area contributed by atoms with Crippen LogP contribution < -0.4 is 15.4 Å². The van der Waals surface area contributed by atoms with E-state index < -0.39 is 0 Å². The smallest absolute Gasteiger partial charge is 0.191 e. The molecule has 1 saturated heterocycles. The van der Waals surface area contributed by atoms with E-state index in [1.54, 1.807) is 25.5 Å². The highest BCUT2D eigenvalue weighted by molar-refractivity contribution is 7.10. The van der Waals surface area contributed by atoms with Gasteiger partial charge >= 0.3 is 0 Å². The average Bonchev–Trinajstić information content (AvgIpc) is 3.26. The van der Waals surface area contributed by atoms with E-state index in [9.17, 15) is 0 Å². The monoisotopic (exact) mass is 388 g/mol. The normalized spacial score (nSPS) is 16.7. The van der Waals surface area contributed by atoms with Gasteiger partial charge in [-0.3, -0.25) is 9.89 Å². The van der Waals surface area contributed by atoms with E-state index in [-0.39, 0.29) is 0 Å². The molecule has 1 aromatic carbocycles. The van der Waals surface area contributed by atoms with Crippen LogP contribution in [-0.4, -0.2) is 57.9 Å². The van der Waals surface area contributed by atoms with Crippen LogP contribution in [0, 0.1) is 0 Å². The molecule has 1 unspecified atom stereocenters. The lowest BCUT2D eigenvalue weighted by molar-refractivity contribution is 0.0177. The van der Waals surface area contributed by atoms with Gasteiger partial charge in [0.2, 0.25) is 0 Å². The fourth-order valence-electron chi connectivity index (χ4n) is 3.16. The van der Waals surface area contributed by atoms with E-state index in [1.807, 2.05) is 18.2 Å². The Morgan fingerprint density at radius 3 is 2.81 bits per heavy atom. The van der Waals surface area contributed by atoms with Gasteiger partial charge in [0.15, 0.2) is 5.96 Å². The van der Waals surface area contributed by atoms with Gasteiger partial charge in [0.25, 0.3) is 0 Å². The largest absolute Gasteiger partial charge is 0.497 e. The Morgan fingerprint density at radius 2 is 2.11 bits per heavy atom. The zero-order chi connectivity index (χ0) is 18.9. The number of hydrogen-bond acceptors (Lipinski definition) is 5. The zero-order valence-corrected chi connectivity index (χ0v) is 16.8. The highest BCUT2D eigenvalue weighted by Gasteiger charge is 2.23. The van der Waals surface area contributed by atoms with Crippen LogP contribution in [0.4, 0.5) is 0 Å². The van der Waals surface area contributed by atoms with Crippen LogP contribution in [0.5, 0.6) is 5.75 Å². The topological polar surface area (TPSA) is 58.1 Å². The van der Waals surface area contributed by atoms with E-state index >= 15 is 0 Å². The summed E-state index contributed by atoms with van der Waals surface area (Å²) in [7, 11) is 3.49. The minimum atomic E-state index is 0.323. The number of nitrogens with one attached hydrogen (secondary N) is 2. The van der Waals surface area contributed by atoms with Gasteiger partial charge in [0, 0.05) is 38.1 Å². The molecule has 27 heavy (non-hydrogen) atoms. The van der Waals surface area contributed by atoms with Crippen LogP contribution in [0.15, 0.2) is 46.8 Å². The van der Waals surface area contributed by atoms with E-state index in [0.717, 1.165) is 50.1 Å². The molecule has 0 amide bonds. The van der Waals surface area contributed by atoms with Gasteiger partial charge in [-0.2, -0.15) is 0 Å². The third-order valence-corrected chi connectivity index (χ3v) is 5.61. The molecule has 7 heteroatoms. The minimum Gasteiger partial charge on any atom is -0.497 e. The summed E-state index contributed by atoms with van der Waals surface area (Å²) in [5.41, 5.74) is 1.15. The van der Waals surface area contributed by atoms with Gasteiger partial charge in [-0.05, 0) is 29.1 Å². The molecule has 0 bridgehead atoms. The van der Waals surface area contributed by atoms with Crippen LogP contribution in [0.2, 0.25) is 0 Å². The van der Waals surface area contributed by atoms with E-state index in [4.69, 9.17) is 9.47 Å². The molecule has 0 spiro atoms. The molecule has 1 aliphatic heterocycles. The molecule has 2 N–H and O–H groups in total. The minimum absolute atomic E-state index is 0.323. The van der Waals surface area contributed by atoms with Crippen LogP contribution >= 0.6 is 11.3 Å². The predicted molar refractivity (Wildman–Crippen MR) is 111 cm³/mol. The maximum Gasteiger partial charge on any atom is 0.191 e. The number of thiophene rings is 1. The third-order valence-electron chi connectivity index (χ3n) is 4.64. The van der Waals surface area contributed by atoms with Crippen molar-refractivity contribution >= 4 is 17.3 Å². The molecule has 0 aliphatic carbocycles. The number of benzene rings is 1. The lowest BCUT2D eigenvalue weighted by atomic mass is 10.2. The van der Waals surface area contributed by atoms with Crippen molar-refractivity contribution in [3.63, 3.8) is 0 Å². The number of rotatable bonds is 7. The maximum atomic E-state index is 5.52. The second kappa shape index (κ2) is 10.3. The Bertz CT molecular complexity index is 715. The Labute approximate surface area is 165 Å². The zero-order valence-electron chi connectivity index (χ0n) is 16.0. The number of hydrogen-bond donors (Lipinski definition) is 2. The third kappa shape index (κ3) is 5.69. The Morgan fingerprint density at radius 1 is 1.26 bits per heavy atom. The molecule has 3 rings (SSSR count). The van der Waals surface area contributed by atoms with Crippen molar-refractivity contribution in [1.82, 2.24) is 15.5 Å². The summed E-state index contributed by atoms with van der Waals surface area (Å²) >= 11 is 1.80. The molecule has 146 valence electrons. The SMILES string of the molecule is CN=C(NCc1cccc(OC)c1)NCC(c1cccs1)N1CCOCC1. The summed E-state index contributed by atoms with van der Waals surface area (Å²) in [6, 6.07) is 12.7. The number of guanidine groups is 1. The molecule has 1 atom stereocenters. The number of nitrogens with zero attached hydrogens (tertiary/aromatic N) is 2. The molecule has 1 aromatic heterocycles. The number of morpholine rings is 1. The summed E-state index contributed by atoms with van der Waals surface area (Å²) < 4.78 is 10.8. The van der Waals surface area contributed by atoms with Crippen molar-refractivity contribution in [2.75, 3.05) is 47.0 Å². The summed E-state index contributed by atoms with van der Waals surface area (Å²) in [5.74, 6) is 1.66. The quantitative estimate of drug-likeness (QED) is 0.564. The first-order valence-corrected chi connectivity index (χ1v) is 10.1. The Hall–Kier alpha value is -2.09. The molecule has 6 nitrogen and oxygen atoms in total. The molecule has 2 aromatic rings. The first-order chi connectivity index (χ1) is 13.3. The van der Waals surface area contributed by atoms with Gasteiger partial charge in [-0.25, -0.2) is 0 Å². The van der Waals surface area contributed by atoms with Gasteiger partial charge in [0.1, 0.15) is 5.75 Å². The maximum absolute atomic E-state index is 5.52. The first kappa shape index (κ1) is 19.7. The van der Waals surface area contributed by atoms with Crippen molar-refractivity contribution in [3.05, 3.63) is 52.2 Å². The molecule has 2 heterocycles. The highest BCUT2D eigenvalue weighted by Crippen LogP contribution is 2.25. The van der Waals surface area contributed by atoms with Crippen LogP contribution in [0.25, 0.3) is 0 Å². The van der Waals surface area contributed by atoms with Crippen molar-refractivity contribution < 1.29 is 9.47 Å². The molecular weight excluding hydrogens is 360 g/mol. The van der Waals surface area contributed by atoms with Gasteiger partial charge in [-0.15, -0.1) is 11.3 Å². The van der Waals surface area contributed by atoms with E-state index in [1.165, 1.54) is 4.88 Å². The van der Waals surface area contributed by atoms with Crippen molar-refractivity contribution in [1.29, 1.82) is 0 Å². The van der Waals surface area contributed by atoms with Crippen molar-refractivity contribution in [2.24, 2.45) is 4.99 Å². The first-order valence-electron chi connectivity index (χ1n) is 9.23. The lowest BCUT2D eigenvalue weighted by Gasteiger charge is -2.34. The second-order valence-electron chi connectivity index (χ2n) is 6.34. The Kier molecular flexibility index (Phi) is 7.50. The van der Waals surface area contributed by atoms with Crippen LogP contribution in [-0.2, 0) is 11.3 Å². The predicted octanol–water partition coefficient (Wildman–Crippen LogP) is 2.50. The number of aliphatic imine (C=N–C) groups is 1. The van der Waals surface area contributed by atoms with E-state index in [2.05, 4.69) is 44.1 Å². The fraction of sp³-hybridized carbons (Fsp3) is 0.450. The van der Waals surface area contributed by atoms with Crippen molar-refractivity contribution in [2.45, 2.75) is 12.6 Å². The summed E-state index contributed by atoms with van der Waals surface area (Å²) in [6.07, 6.45) is 0. The second-order valence-corrected chi connectivity index (χ2v) is 7.32. The Balaban J connectivity index is 1.57. The summed E-state index contributed by atoms with van der Waals surface area (Å²) in [5, 5.41) is 9.01. The number of ether oxygens (including phenoxy) is 2. The molecule has 1 aliphatic rings. The van der Waals surface area contributed by atoms with E-state index in [0.29, 0.717) is 12.6 Å². The van der Waals surface area contributed by atoms with Gasteiger partial charge in [-0.1, -0.05) is 18.2 Å². The molecule has 0 saturated carbocycles. The molecule has 0 radical (unpaired) electrons. The van der Waals surface area contributed by atoms with Crippen LogP contribution in [0.3, 0.4) is 0 Å². The lowest BCUT2D eigenvalue weighted by Crippen LogP contribution is -2.46. The summed E-state index contributed by atoms with van der Waals surface area (Å²) in [6.45, 7) is 5.01. The van der Waals surface area contributed by atoms with Gasteiger partial charge < -0.3 is 20.1 Å². The van der Waals surface area contributed by atoms with Crippen molar-refractivity contribution in [3.8, 4) is 5.75 Å². The highest BCUT2D eigenvalue weighted by atomic mass is 32.1. The molecular formula is C20H28N4O2S. The molecule has 1 fully saturated rings. The van der Waals surface area contributed by atoms with Gasteiger partial charge in [0.05, 0.1) is 26.4 Å². The van der Waals surface area contributed by atoms with Crippen LogP contribution in [0.1, 0.15) is 16.5 Å². The fourth-order valence-corrected chi connectivity index (χ4v) is 4.02. The average molecular weight is 389 g/mol.